The van der Waals surface area contributed by atoms with Crippen molar-refractivity contribution in [3.8, 4) is 0 Å². The number of para-hydroxylation sites is 1. The van der Waals surface area contributed by atoms with Crippen LogP contribution in [0.1, 0.15) is 23.7 Å². The zero-order valence-electron chi connectivity index (χ0n) is 19.9. The van der Waals surface area contributed by atoms with Crippen LogP contribution in [0.25, 0.3) is 0 Å². The molecule has 1 saturated heterocycles. The predicted molar refractivity (Wildman–Crippen MR) is 130 cm³/mol. The van der Waals surface area contributed by atoms with E-state index in [4.69, 9.17) is 14.9 Å². The number of piperazine rings is 1. The smallest absolute Gasteiger partial charge is 0.328 e. The molecule has 1 unspecified atom stereocenters. The van der Waals surface area contributed by atoms with Gasteiger partial charge in [-0.2, -0.15) is 0 Å². The van der Waals surface area contributed by atoms with Gasteiger partial charge >= 0.3 is 17.9 Å². The summed E-state index contributed by atoms with van der Waals surface area (Å²) in [5.74, 6) is -3.70. The Bertz CT molecular complexity index is 1030. The van der Waals surface area contributed by atoms with Crippen LogP contribution >= 0.6 is 0 Å². The summed E-state index contributed by atoms with van der Waals surface area (Å²) in [6, 6.07) is 15.6. The molecule has 1 aliphatic rings. The van der Waals surface area contributed by atoms with Crippen molar-refractivity contribution in [1.82, 2.24) is 4.90 Å². The summed E-state index contributed by atoms with van der Waals surface area (Å²) in [7, 11) is 0. The molecule has 10 heteroatoms. The van der Waals surface area contributed by atoms with E-state index in [-0.39, 0.29) is 5.78 Å². The monoisotopic (exact) mass is 500 g/mol. The quantitative estimate of drug-likeness (QED) is 0.304. The van der Waals surface area contributed by atoms with E-state index in [0.29, 0.717) is 30.7 Å². The Morgan fingerprint density at radius 1 is 0.917 bits per heavy atom. The molecule has 1 fully saturated rings. The van der Waals surface area contributed by atoms with E-state index < -0.39 is 29.8 Å². The van der Waals surface area contributed by atoms with Crippen molar-refractivity contribution in [3.05, 3.63) is 78.1 Å². The minimum Gasteiger partial charge on any atom is -0.478 e. The first-order valence-electron chi connectivity index (χ1n) is 11.3. The molecule has 0 radical (unpaired) electrons. The number of hydrogen-bond acceptors (Lipinski definition) is 7. The van der Waals surface area contributed by atoms with Crippen molar-refractivity contribution in [2.75, 3.05) is 37.6 Å². The number of carboxylic acids is 2. The van der Waals surface area contributed by atoms with Crippen molar-refractivity contribution in [3.63, 3.8) is 0 Å². The summed E-state index contributed by atoms with van der Waals surface area (Å²) in [5, 5.41) is 15.6. The molecule has 2 aromatic carbocycles. The number of aliphatic carboxylic acids is 2. The molecule has 0 aromatic heterocycles. The summed E-state index contributed by atoms with van der Waals surface area (Å²) in [5.41, 5.74) is 1.56. The van der Waals surface area contributed by atoms with Crippen molar-refractivity contribution in [2.24, 2.45) is 0 Å². The zero-order valence-corrected chi connectivity index (χ0v) is 19.9. The van der Waals surface area contributed by atoms with E-state index in [1.54, 1.807) is 0 Å². The third-order valence-electron chi connectivity index (χ3n) is 5.30. The normalized spacial score (nSPS) is 14.4. The van der Waals surface area contributed by atoms with E-state index in [1.165, 1.54) is 36.9 Å². The molecular formula is C26H29FN2O7. The summed E-state index contributed by atoms with van der Waals surface area (Å²) in [6.07, 6.45) is 0.682. The molecule has 2 N–H and O–H groups in total. The highest BCUT2D eigenvalue weighted by atomic mass is 19.1. The number of carbonyl (C=O) groups excluding carboxylic acids is 2. The average molecular weight is 501 g/mol. The minimum atomic E-state index is -1.26. The summed E-state index contributed by atoms with van der Waals surface area (Å²) in [4.78, 5) is 47.8. The lowest BCUT2D eigenvalue weighted by atomic mass is 10.0. The van der Waals surface area contributed by atoms with Crippen LogP contribution in [0.4, 0.5) is 10.1 Å². The molecule has 1 atom stereocenters. The van der Waals surface area contributed by atoms with Gasteiger partial charge in [0.05, 0.1) is 0 Å². The molecule has 1 heterocycles. The lowest BCUT2D eigenvalue weighted by Crippen LogP contribution is -2.47. The number of ether oxygens (including phenoxy) is 1. The summed E-state index contributed by atoms with van der Waals surface area (Å²) >= 11 is 0. The summed E-state index contributed by atoms with van der Waals surface area (Å²) < 4.78 is 18.4. The van der Waals surface area contributed by atoms with Gasteiger partial charge in [0.25, 0.3) is 0 Å². The first-order chi connectivity index (χ1) is 17.2. The van der Waals surface area contributed by atoms with Crippen molar-refractivity contribution in [1.29, 1.82) is 0 Å². The number of hydrogen-bond donors (Lipinski definition) is 2. The highest BCUT2D eigenvalue weighted by molar-refractivity contribution is 6.00. The van der Waals surface area contributed by atoms with Crippen LogP contribution in [-0.4, -0.2) is 77.6 Å². The molecular weight excluding hydrogens is 471 g/mol. The highest BCUT2D eigenvalue weighted by Gasteiger charge is 2.25. The van der Waals surface area contributed by atoms with Gasteiger partial charge in [0, 0.05) is 69.5 Å². The first kappa shape index (κ1) is 28.2. The van der Waals surface area contributed by atoms with Crippen LogP contribution in [0.3, 0.4) is 0 Å². The van der Waals surface area contributed by atoms with Gasteiger partial charge in [-0.1, -0.05) is 18.2 Å². The third kappa shape index (κ3) is 10.1. The first-order valence-corrected chi connectivity index (χ1v) is 11.3. The molecule has 0 aliphatic carbocycles. The summed E-state index contributed by atoms with van der Waals surface area (Å²) in [6.45, 7) is 5.54. The van der Waals surface area contributed by atoms with Crippen molar-refractivity contribution in [2.45, 2.75) is 19.4 Å². The fourth-order valence-corrected chi connectivity index (χ4v) is 3.55. The molecule has 192 valence electrons. The molecule has 2 aromatic rings. The Kier molecular flexibility index (Phi) is 11.3. The van der Waals surface area contributed by atoms with Gasteiger partial charge in [0.2, 0.25) is 5.78 Å². The van der Waals surface area contributed by atoms with E-state index in [0.717, 1.165) is 26.2 Å². The fraction of sp³-hybridized carbons (Fsp3) is 0.308. The second-order valence-electron chi connectivity index (χ2n) is 7.93. The van der Waals surface area contributed by atoms with Crippen LogP contribution in [0.15, 0.2) is 66.7 Å². The standard InChI is InChI=1S/C22H25FN2O3.C4H4O4/c1-17(26)28-21(22(27)18-7-9-19(23)10-8-18)11-12-24-13-15-25(16-14-24)20-5-3-2-4-6-20;5-3(6)1-2-4(7)8/h2-10,21H,11-16H2,1H3;1-2H,(H,5,6)(H,7,8)/b;2-1+. The Morgan fingerprint density at radius 3 is 1.97 bits per heavy atom. The highest BCUT2D eigenvalue weighted by Crippen LogP contribution is 2.17. The maximum atomic E-state index is 13.1. The number of ketones is 1. The van der Waals surface area contributed by atoms with Gasteiger partial charge in [0.15, 0.2) is 6.10 Å². The Hall–Kier alpha value is -4.05. The number of rotatable bonds is 9. The van der Waals surface area contributed by atoms with Gasteiger partial charge < -0.3 is 19.8 Å². The van der Waals surface area contributed by atoms with E-state index in [2.05, 4.69) is 21.9 Å². The number of carboxylic acid groups (broad SMARTS) is 2. The number of esters is 1. The van der Waals surface area contributed by atoms with Gasteiger partial charge in [-0.15, -0.1) is 0 Å². The molecule has 9 nitrogen and oxygen atoms in total. The van der Waals surface area contributed by atoms with E-state index in [9.17, 15) is 23.6 Å². The van der Waals surface area contributed by atoms with E-state index in [1.807, 2.05) is 18.2 Å². The molecule has 0 bridgehead atoms. The molecule has 36 heavy (non-hydrogen) atoms. The van der Waals surface area contributed by atoms with Gasteiger partial charge in [-0.05, 0) is 36.4 Å². The van der Waals surface area contributed by atoms with Crippen LogP contribution in [0.2, 0.25) is 0 Å². The van der Waals surface area contributed by atoms with Gasteiger partial charge in [0.1, 0.15) is 5.82 Å². The molecule has 0 spiro atoms. The fourth-order valence-electron chi connectivity index (χ4n) is 3.55. The lowest BCUT2D eigenvalue weighted by molar-refractivity contribution is -0.144. The number of benzene rings is 2. The van der Waals surface area contributed by atoms with Gasteiger partial charge in [-0.3, -0.25) is 14.5 Å². The third-order valence-corrected chi connectivity index (χ3v) is 5.30. The molecule has 0 amide bonds. The lowest BCUT2D eigenvalue weighted by Gasteiger charge is -2.36. The minimum absolute atomic E-state index is 0.293. The van der Waals surface area contributed by atoms with Crippen molar-refractivity contribution < 1.29 is 38.5 Å². The van der Waals surface area contributed by atoms with Gasteiger partial charge in [-0.25, -0.2) is 14.0 Å². The second-order valence-corrected chi connectivity index (χ2v) is 7.93. The Morgan fingerprint density at radius 2 is 1.47 bits per heavy atom. The van der Waals surface area contributed by atoms with Crippen LogP contribution in [-0.2, 0) is 19.1 Å². The Labute approximate surface area is 208 Å². The number of halogens is 1. The zero-order chi connectivity index (χ0) is 26.5. The Balaban J connectivity index is 0.000000493. The second kappa shape index (κ2) is 14.4. The molecule has 3 rings (SSSR count). The van der Waals surface area contributed by atoms with E-state index >= 15 is 0 Å². The number of Topliss-reactive ketones (excluding diaryl/α,β-unsaturated/α-hetero) is 1. The number of anilines is 1. The topological polar surface area (TPSA) is 124 Å². The predicted octanol–water partition coefficient (Wildman–Crippen LogP) is 2.86. The average Bonchev–Trinajstić information content (AvgIpc) is 2.86. The van der Waals surface area contributed by atoms with Crippen LogP contribution in [0.5, 0.6) is 0 Å². The van der Waals surface area contributed by atoms with Crippen LogP contribution < -0.4 is 4.90 Å². The molecule has 1 aliphatic heterocycles. The molecule has 0 saturated carbocycles. The maximum absolute atomic E-state index is 13.1. The largest absolute Gasteiger partial charge is 0.478 e. The maximum Gasteiger partial charge on any atom is 0.328 e. The SMILES string of the molecule is CC(=O)OC(CCN1CCN(c2ccccc2)CC1)C(=O)c1ccc(F)cc1.O=C(O)/C=C/C(=O)O. The van der Waals surface area contributed by atoms with Crippen molar-refractivity contribution >= 4 is 29.4 Å². The number of nitrogens with zero attached hydrogens (tertiary/aromatic N) is 2. The number of carbonyl (C=O) groups is 4. The van der Waals surface area contributed by atoms with Crippen LogP contribution in [0, 0.1) is 5.82 Å².